The van der Waals surface area contributed by atoms with E-state index in [0.29, 0.717) is 18.4 Å². The molecule has 2 fully saturated rings. The first kappa shape index (κ1) is 14.8. The average Bonchev–Trinajstić information content (AvgIpc) is 2.63. The van der Waals surface area contributed by atoms with E-state index < -0.39 is 0 Å². The molecule has 0 aromatic rings. The van der Waals surface area contributed by atoms with Gasteiger partial charge in [-0.3, -0.25) is 4.79 Å². The zero-order valence-corrected chi connectivity index (χ0v) is 12.1. The highest BCUT2D eigenvalue weighted by Gasteiger charge is 2.65. The van der Waals surface area contributed by atoms with Crippen LogP contribution < -0.4 is 10.6 Å². The number of halogens is 1. The van der Waals surface area contributed by atoms with E-state index in [4.69, 9.17) is 0 Å². The summed E-state index contributed by atoms with van der Waals surface area (Å²) in [6, 6.07) is 0.349. The molecular weight excluding hydrogens is 236 g/mol. The maximum atomic E-state index is 11.9. The van der Waals surface area contributed by atoms with Gasteiger partial charge < -0.3 is 10.6 Å². The monoisotopic (exact) mass is 260 g/mol. The molecule has 0 spiro atoms. The van der Waals surface area contributed by atoms with Crippen molar-refractivity contribution < 1.29 is 4.79 Å². The van der Waals surface area contributed by atoms with Gasteiger partial charge in [0.25, 0.3) is 0 Å². The Hall–Kier alpha value is -0.280. The summed E-state index contributed by atoms with van der Waals surface area (Å²) >= 11 is 0. The van der Waals surface area contributed by atoms with Gasteiger partial charge >= 0.3 is 0 Å². The molecule has 1 unspecified atom stereocenters. The van der Waals surface area contributed by atoms with E-state index in [1.165, 1.54) is 0 Å². The Morgan fingerprint density at radius 3 is 2.29 bits per heavy atom. The number of hydrogen-bond acceptors (Lipinski definition) is 2. The summed E-state index contributed by atoms with van der Waals surface area (Å²) in [7, 11) is 0. The Bertz CT molecular complexity index is 282. The summed E-state index contributed by atoms with van der Waals surface area (Å²) < 4.78 is 0. The minimum Gasteiger partial charge on any atom is -0.352 e. The molecule has 2 rings (SSSR count). The molecule has 1 saturated heterocycles. The van der Waals surface area contributed by atoms with Gasteiger partial charge in [-0.05, 0) is 36.3 Å². The molecule has 2 N–H and O–H groups in total. The van der Waals surface area contributed by atoms with Gasteiger partial charge in [-0.1, -0.05) is 27.7 Å². The van der Waals surface area contributed by atoms with Crippen molar-refractivity contribution in [2.75, 3.05) is 13.1 Å². The van der Waals surface area contributed by atoms with E-state index in [2.05, 4.69) is 38.3 Å². The lowest BCUT2D eigenvalue weighted by Crippen LogP contribution is -2.31. The Labute approximate surface area is 111 Å². The summed E-state index contributed by atoms with van der Waals surface area (Å²) in [6.07, 6.45) is 1.83. The largest absolute Gasteiger partial charge is 0.352 e. The number of carbonyl (C=O) groups excluding carboxylic acids is 1. The molecule has 1 heterocycles. The summed E-state index contributed by atoms with van der Waals surface area (Å²) in [6.45, 7) is 11.0. The number of carbonyl (C=O) groups is 1. The van der Waals surface area contributed by atoms with Crippen LogP contribution in [-0.4, -0.2) is 25.0 Å². The lowest BCUT2D eigenvalue weighted by Gasteiger charge is -2.10. The van der Waals surface area contributed by atoms with Gasteiger partial charge in [-0.25, -0.2) is 0 Å². The highest BCUT2D eigenvalue weighted by molar-refractivity contribution is 5.85. The molecule has 0 radical (unpaired) electrons. The number of nitrogens with one attached hydrogen (secondary N) is 2. The minimum absolute atomic E-state index is 0. The van der Waals surface area contributed by atoms with Crippen molar-refractivity contribution in [2.45, 2.75) is 46.6 Å². The van der Waals surface area contributed by atoms with Crippen LogP contribution in [0.25, 0.3) is 0 Å². The van der Waals surface area contributed by atoms with Gasteiger partial charge in [0.05, 0.1) is 0 Å². The standard InChI is InChI=1S/C13H24N2O.ClH/c1-12(2)11(13(12,3)4)15-10(16)7-9-5-6-14-8-9;/h9,11,14H,5-8H2,1-4H3,(H,15,16);1H. The zero-order chi connectivity index (χ0) is 12.0. The Morgan fingerprint density at radius 2 is 1.88 bits per heavy atom. The van der Waals surface area contributed by atoms with Crippen LogP contribution >= 0.6 is 12.4 Å². The third kappa shape index (κ3) is 2.60. The molecule has 1 atom stereocenters. The second-order valence-electron chi connectivity index (χ2n) is 6.51. The normalized spacial score (nSPS) is 29.5. The van der Waals surface area contributed by atoms with Crippen LogP contribution in [0.3, 0.4) is 0 Å². The molecule has 3 nitrogen and oxygen atoms in total. The lowest BCUT2D eigenvalue weighted by atomic mass is 10.0. The fraction of sp³-hybridized carbons (Fsp3) is 0.923. The van der Waals surface area contributed by atoms with Crippen LogP contribution in [0.1, 0.15) is 40.5 Å². The Balaban J connectivity index is 0.00000144. The molecule has 1 saturated carbocycles. The van der Waals surface area contributed by atoms with Gasteiger partial charge in [0.15, 0.2) is 0 Å². The molecule has 0 aromatic heterocycles. The molecule has 1 aliphatic carbocycles. The third-order valence-corrected chi connectivity index (χ3v) is 4.96. The highest BCUT2D eigenvalue weighted by atomic mass is 35.5. The van der Waals surface area contributed by atoms with E-state index in [9.17, 15) is 4.79 Å². The Morgan fingerprint density at radius 1 is 1.29 bits per heavy atom. The average molecular weight is 261 g/mol. The van der Waals surface area contributed by atoms with Crippen molar-refractivity contribution in [1.29, 1.82) is 0 Å². The maximum Gasteiger partial charge on any atom is 0.220 e. The second kappa shape index (κ2) is 4.77. The predicted molar refractivity (Wildman–Crippen MR) is 72.3 cm³/mol. The molecule has 0 aromatic carbocycles. The van der Waals surface area contributed by atoms with E-state index >= 15 is 0 Å². The number of hydrogen-bond donors (Lipinski definition) is 2. The molecule has 1 amide bonds. The first-order chi connectivity index (χ1) is 7.35. The summed E-state index contributed by atoms with van der Waals surface area (Å²) in [5.41, 5.74) is 0.493. The fourth-order valence-corrected chi connectivity index (χ4v) is 2.93. The van der Waals surface area contributed by atoms with Crippen LogP contribution in [0, 0.1) is 16.7 Å². The smallest absolute Gasteiger partial charge is 0.220 e. The molecule has 0 bridgehead atoms. The summed E-state index contributed by atoms with van der Waals surface area (Å²) in [4.78, 5) is 11.9. The topological polar surface area (TPSA) is 41.1 Å². The van der Waals surface area contributed by atoms with Crippen molar-refractivity contribution in [1.82, 2.24) is 10.6 Å². The van der Waals surface area contributed by atoms with Crippen LogP contribution in [0.2, 0.25) is 0 Å². The third-order valence-electron chi connectivity index (χ3n) is 4.96. The molecular formula is C13H25ClN2O. The van der Waals surface area contributed by atoms with Gasteiger partial charge in [-0.2, -0.15) is 0 Å². The van der Waals surface area contributed by atoms with E-state index in [1.807, 2.05) is 0 Å². The van der Waals surface area contributed by atoms with Crippen molar-refractivity contribution in [3.63, 3.8) is 0 Å². The quantitative estimate of drug-likeness (QED) is 0.815. The fourth-order valence-electron chi connectivity index (χ4n) is 2.93. The van der Waals surface area contributed by atoms with E-state index in [1.54, 1.807) is 0 Å². The molecule has 4 heteroatoms. The number of amides is 1. The van der Waals surface area contributed by atoms with Gasteiger partial charge in [0.2, 0.25) is 5.91 Å². The van der Waals surface area contributed by atoms with Gasteiger partial charge in [-0.15, -0.1) is 12.4 Å². The first-order valence-corrected chi connectivity index (χ1v) is 6.36. The predicted octanol–water partition coefficient (Wildman–Crippen LogP) is 1.96. The van der Waals surface area contributed by atoms with Crippen LogP contribution in [0.15, 0.2) is 0 Å². The van der Waals surface area contributed by atoms with Crippen molar-refractivity contribution >= 4 is 18.3 Å². The number of rotatable bonds is 3. The van der Waals surface area contributed by atoms with E-state index in [0.717, 1.165) is 19.5 Å². The van der Waals surface area contributed by atoms with Crippen LogP contribution in [0.4, 0.5) is 0 Å². The lowest BCUT2D eigenvalue weighted by molar-refractivity contribution is -0.122. The molecule has 100 valence electrons. The van der Waals surface area contributed by atoms with Crippen LogP contribution in [0.5, 0.6) is 0 Å². The second-order valence-corrected chi connectivity index (χ2v) is 6.51. The van der Waals surface area contributed by atoms with E-state index in [-0.39, 0.29) is 29.1 Å². The zero-order valence-electron chi connectivity index (χ0n) is 11.3. The first-order valence-electron chi connectivity index (χ1n) is 6.36. The summed E-state index contributed by atoms with van der Waals surface area (Å²) in [5.74, 6) is 0.780. The maximum absolute atomic E-state index is 11.9. The van der Waals surface area contributed by atoms with Gasteiger partial charge in [0.1, 0.15) is 0 Å². The van der Waals surface area contributed by atoms with Gasteiger partial charge in [0, 0.05) is 12.5 Å². The highest BCUT2D eigenvalue weighted by Crippen LogP contribution is 2.62. The molecule has 2 aliphatic rings. The van der Waals surface area contributed by atoms with Crippen LogP contribution in [-0.2, 0) is 4.79 Å². The van der Waals surface area contributed by atoms with Crippen molar-refractivity contribution in [2.24, 2.45) is 16.7 Å². The Kier molecular flexibility index (Phi) is 4.15. The minimum atomic E-state index is 0. The van der Waals surface area contributed by atoms with Crippen molar-refractivity contribution in [3.8, 4) is 0 Å². The SMILES string of the molecule is CC1(C)C(NC(=O)CC2CCNC2)C1(C)C.Cl. The molecule has 17 heavy (non-hydrogen) atoms. The summed E-state index contributed by atoms with van der Waals surface area (Å²) in [5, 5.41) is 6.49. The molecule has 1 aliphatic heterocycles. The van der Waals surface area contributed by atoms with Crippen molar-refractivity contribution in [3.05, 3.63) is 0 Å².